The number of fused-ring (bicyclic) bond motifs is 1. The first kappa shape index (κ1) is 22.7. The summed E-state index contributed by atoms with van der Waals surface area (Å²) in [5.41, 5.74) is 0.541. The molecule has 1 aromatic carbocycles. The van der Waals surface area contributed by atoms with Crippen molar-refractivity contribution >= 4 is 21.8 Å². The molecule has 2 heterocycles. The van der Waals surface area contributed by atoms with E-state index in [0.29, 0.717) is 18.0 Å². The summed E-state index contributed by atoms with van der Waals surface area (Å²) < 4.78 is 27.3. The molecule has 3 rings (SSSR count). The smallest absolute Gasteiger partial charge is 0.263 e. The minimum atomic E-state index is -3.61. The van der Waals surface area contributed by atoms with Crippen LogP contribution in [0.1, 0.15) is 58.4 Å². The molecule has 0 radical (unpaired) electrons. The van der Waals surface area contributed by atoms with Gasteiger partial charge in [0.25, 0.3) is 10.0 Å². The molecular weight excluding hydrogens is 400 g/mol. The number of nitrogens with one attached hydrogen (secondary N) is 1. The number of nitrogens with zero attached hydrogens (tertiary/aromatic N) is 3. The molecular formula is C22H34N4O3S. The normalized spacial score (nSPS) is 21.4. The van der Waals surface area contributed by atoms with Gasteiger partial charge in [-0.2, -0.15) is 0 Å². The minimum Gasteiger partial charge on any atom is -0.341 e. The van der Waals surface area contributed by atoms with Crippen molar-refractivity contribution in [3.8, 4) is 0 Å². The number of unbranched alkanes of at least 4 members (excludes halogenated alkanes) is 1. The van der Waals surface area contributed by atoms with Gasteiger partial charge in [0, 0.05) is 37.8 Å². The maximum absolute atomic E-state index is 13.4. The van der Waals surface area contributed by atoms with Crippen LogP contribution in [0.25, 0.3) is 0 Å². The highest BCUT2D eigenvalue weighted by Crippen LogP contribution is 2.24. The number of amidine groups is 1. The Labute approximate surface area is 180 Å². The maximum atomic E-state index is 13.4. The summed E-state index contributed by atoms with van der Waals surface area (Å²) in [6.45, 7) is 8.45. The highest BCUT2D eigenvalue weighted by atomic mass is 32.2. The third-order valence-corrected chi connectivity index (χ3v) is 7.59. The second-order valence-electron chi connectivity index (χ2n) is 8.55. The van der Waals surface area contributed by atoms with Crippen molar-refractivity contribution in [2.45, 2.75) is 75.9 Å². The van der Waals surface area contributed by atoms with E-state index in [-0.39, 0.29) is 22.7 Å². The number of aliphatic imine (C=N–C) groups is 1. The van der Waals surface area contributed by atoms with Crippen molar-refractivity contribution < 1.29 is 13.2 Å². The van der Waals surface area contributed by atoms with Crippen LogP contribution < -0.4 is 4.72 Å². The van der Waals surface area contributed by atoms with E-state index in [1.54, 1.807) is 24.3 Å². The van der Waals surface area contributed by atoms with E-state index in [9.17, 15) is 13.2 Å². The second kappa shape index (κ2) is 9.47. The molecule has 0 saturated carbocycles. The fourth-order valence-electron chi connectivity index (χ4n) is 4.23. The van der Waals surface area contributed by atoms with Crippen LogP contribution in [0.3, 0.4) is 0 Å². The predicted molar refractivity (Wildman–Crippen MR) is 119 cm³/mol. The Morgan fingerprint density at radius 2 is 1.93 bits per heavy atom. The summed E-state index contributed by atoms with van der Waals surface area (Å²) in [6, 6.07) is 6.92. The summed E-state index contributed by atoms with van der Waals surface area (Å²) in [5.74, 6) is 0.255. The number of sulfonamides is 1. The van der Waals surface area contributed by atoms with Gasteiger partial charge in [0.05, 0.1) is 4.90 Å². The molecule has 1 atom stereocenters. The van der Waals surface area contributed by atoms with Gasteiger partial charge in [0.15, 0.2) is 0 Å². The fraction of sp³-hybridized carbons (Fsp3) is 0.636. The lowest BCUT2D eigenvalue weighted by atomic mass is 10.0. The molecule has 1 amide bonds. The van der Waals surface area contributed by atoms with Gasteiger partial charge >= 0.3 is 0 Å². The number of piperidine rings is 1. The van der Waals surface area contributed by atoms with Crippen molar-refractivity contribution in [1.29, 1.82) is 0 Å². The number of hydrogen-bond donors (Lipinski definition) is 1. The van der Waals surface area contributed by atoms with Crippen molar-refractivity contribution in [3.63, 3.8) is 0 Å². The standard InChI is InChI=1S/C22H34N4O3S/c1-5-6-10-19(22(27)25(4)17-12-14-26(15-13-17)16(2)3)23-21-18-9-7-8-11-20(18)30(28,29)24-21/h7-9,11,16-17,19H,5-6,10,12-15H2,1-4H3,(H,23,24). The fourth-order valence-corrected chi connectivity index (χ4v) is 5.47. The van der Waals surface area contributed by atoms with Crippen molar-refractivity contribution in [3.05, 3.63) is 29.8 Å². The molecule has 1 unspecified atom stereocenters. The van der Waals surface area contributed by atoms with E-state index in [1.165, 1.54) is 0 Å². The summed E-state index contributed by atoms with van der Waals surface area (Å²) in [6.07, 6.45) is 4.33. The zero-order valence-electron chi connectivity index (χ0n) is 18.5. The first-order valence-corrected chi connectivity index (χ1v) is 12.4. The Morgan fingerprint density at radius 1 is 1.27 bits per heavy atom. The van der Waals surface area contributed by atoms with E-state index in [2.05, 4.69) is 35.4 Å². The third-order valence-electron chi connectivity index (χ3n) is 6.19. The molecule has 1 saturated heterocycles. The van der Waals surface area contributed by atoms with Crippen LogP contribution in [0.4, 0.5) is 0 Å². The lowest BCUT2D eigenvalue weighted by molar-refractivity contribution is -0.134. The van der Waals surface area contributed by atoms with Gasteiger partial charge in [-0.1, -0.05) is 31.9 Å². The third kappa shape index (κ3) is 4.86. The number of carbonyl (C=O) groups is 1. The molecule has 2 aliphatic heterocycles. The predicted octanol–water partition coefficient (Wildman–Crippen LogP) is 2.62. The number of amides is 1. The summed E-state index contributed by atoms with van der Waals surface area (Å²) >= 11 is 0. The van der Waals surface area contributed by atoms with E-state index in [1.807, 2.05) is 11.9 Å². The Balaban J connectivity index is 1.79. The zero-order valence-corrected chi connectivity index (χ0v) is 19.3. The second-order valence-corrected chi connectivity index (χ2v) is 10.2. The Bertz CT molecular complexity index is 889. The Kier molecular flexibility index (Phi) is 7.18. The van der Waals surface area contributed by atoms with Gasteiger partial charge < -0.3 is 9.80 Å². The average Bonchev–Trinajstić information content (AvgIpc) is 3.00. The first-order valence-electron chi connectivity index (χ1n) is 10.9. The van der Waals surface area contributed by atoms with E-state index >= 15 is 0 Å². The number of likely N-dealkylation sites (tertiary alicyclic amines) is 1. The van der Waals surface area contributed by atoms with Crippen LogP contribution in [-0.4, -0.2) is 68.2 Å². The van der Waals surface area contributed by atoms with Crippen molar-refractivity contribution in [2.24, 2.45) is 4.99 Å². The van der Waals surface area contributed by atoms with E-state index in [4.69, 9.17) is 0 Å². The van der Waals surface area contributed by atoms with Gasteiger partial charge in [-0.15, -0.1) is 0 Å². The zero-order chi connectivity index (χ0) is 21.9. The summed E-state index contributed by atoms with van der Waals surface area (Å²) in [5, 5.41) is 0. The van der Waals surface area contributed by atoms with Crippen LogP contribution in [-0.2, 0) is 14.8 Å². The van der Waals surface area contributed by atoms with Crippen LogP contribution in [0.15, 0.2) is 34.2 Å². The topological polar surface area (TPSA) is 82.1 Å². The van der Waals surface area contributed by atoms with Crippen molar-refractivity contribution in [2.75, 3.05) is 20.1 Å². The SMILES string of the molecule is CCCCC(N=C1NS(=O)(=O)c2ccccc21)C(=O)N(C)C1CCN(C(C)C)CC1. The molecule has 0 bridgehead atoms. The Morgan fingerprint density at radius 3 is 2.57 bits per heavy atom. The number of rotatable bonds is 7. The summed E-state index contributed by atoms with van der Waals surface area (Å²) in [7, 11) is -1.75. The monoisotopic (exact) mass is 434 g/mol. The number of hydrogen-bond acceptors (Lipinski definition) is 5. The van der Waals surface area contributed by atoms with Crippen LogP contribution in [0.5, 0.6) is 0 Å². The number of likely N-dealkylation sites (N-methyl/N-ethyl adjacent to an activating group) is 1. The molecule has 1 N–H and O–H groups in total. The minimum absolute atomic E-state index is 0.0254. The number of benzene rings is 1. The molecule has 0 aliphatic carbocycles. The quantitative estimate of drug-likeness (QED) is 0.715. The van der Waals surface area contributed by atoms with Crippen LogP contribution in [0.2, 0.25) is 0 Å². The van der Waals surface area contributed by atoms with Gasteiger partial charge in [0.1, 0.15) is 11.9 Å². The molecule has 166 valence electrons. The molecule has 0 aromatic heterocycles. The lowest BCUT2D eigenvalue weighted by Crippen LogP contribution is -2.49. The molecule has 7 nitrogen and oxygen atoms in total. The largest absolute Gasteiger partial charge is 0.341 e. The van der Waals surface area contributed by atoms with Gasteiger partial charge in [-0.3, -0.25) is 14.5 Å². The van der Waals surface area contributed by atoms with Gasteiger partial charge in [-0.25, -0.2) is 8.42 Å². The average molecular weight is 435 g/mol. The molecule has 2 aliphatic rings. The van der Waals surface area contributed by atoms with Crippen molar-refractivity contribution in [1.82, 2.24) is 14.5 Å². The summed E-state index contributed by atoms with van der Waals surface area (Å²) in [4.78, 5) is 22.5. The maximum Gasteiger partial charge on any atom is 0.263 e. The van der Waals surface area contributed by atoms with E-state index < -0.39 is 16.1 Å². The molecule has 8 heteroatoms. The lowest BCUT2D eigenvalue weighted by Gasteiger charge is -2.39. The van der Waals surface area contributed by atoms with Crippen LogP contribution in [0, 0.1) is 0 Å². The van der Waals surface area contributed by atoms with Gasteiger partial charge in [0.2, 0.25) is 5.91 Å². The first-order chi connectivity index (χ1) is 14.2. The van der Waals surface area contributed by atoms with Gasteiger partial charge in [-0.05, 0) is 45.2 Å². The molecule has 0 spiro atoms. The molecule has 1 aromatic rings. The Hall–Kier alpha value is -1.93. The molecule has 30 heavy (non-hydrogen) atoms. The molecule has 1 fully saturated rings. The highest BCUT2D eigenvalue weighted by molar-refractivity contribution is 7.90. The number of carbonyl (C=O) groups excluding carboxylic acids is 1. The van der Waals surface area contributed by atoms with E-state index in [0.717, 1.165) is 38.8 Å². The highest BCUT2D eigenvalue weighted by Gasteiger charge is 2.34. The van der Waals surface area contributed by atoms with Crippen LogP contribution >= 0.6 is 0 Å².